The lowest BCUT2D eigenvalue weighted by molar-refractivity contribution is -0.728. The number of aromatic nitrogens is 5. The zero-order valence-corrected chi connectivity index (χ0v) is 25.5. The standard InChI is InChI=1S/C24H32N6O13P2/c1-11-17-23(27-10-26-11)30(12(2)28-17)24-21(34)20(33)16(42-24)9-41-45(38,39)43-44(36,37)40-8-14-6-15(19(32)18(14)31)29-5-3-4-13(7-29)22(25)35/h3-5,7,10,14-16,18-21,24,31-34H,6,8-9H2,1-2H3,(H3-,25,35,36,37,38,39)/p-1/i34T. The van der Waals surface area contributed by atoms with Gasteiger partial charge >= 0.3 is 0 Å². The lowest BCUT2D eigenvalue weighted by Gasteiger charge is -2.32. The fraction of sp³-hybridized carbons (Fsp3) is 0.542. The number of hydrogen-bond donors (Lipinski definition) is 5. The molecule has 10 unspecified atom stereocenters. The van der Waals surface area contributed by atoms with Crippen molar-refractivity contribution in [3.8, 4) is 0 Å². The van der Waals surface area contributed by atoms with Crippen molar-refractivity contribution in [2.24, 2.45) is 11.7 Å². The first-order chi connectivity index (χ1) is 21.6. The van der Waals surface area contributed by atoms with Crippen molar-refractivity contribution in [3.63, 3.8) is 0 Å². The molecular weight excluding hydrogens is 642 g/mol. The van der Waals surface area contributed by atoms with Gasteiger partial charge in [-0.3, -0.25) is 18.5 Å². The summed E-state index contributed by atoms with van der Waals surface area (Å²) in [5.74, 6) is -1.34. The molecule has 21 heteroatoms. The number of imidazole rings is 1. The molecule has 10 atom stereocenters. The van der Waals surface area contributed by atoms with Crippen LogP contribution in [-0.2, 0) is 27.2 Å². The van der Waals surface area contributed by atoms with Gasteiger partial charge in [-0.05, 0) is 19.9 Å². The van der Waals surface area contributed by atoms with Crippen LogP contribution < -0.4 is 20.1 Å². The molecule has 1 saturated carbocycles. The Hall–Kier alpha value is -2.77. The number of aliphatic hydroxyl groups is 4. The number of primary amides is 1. The van der Waals surface area contributed by atoms with Gasteiger partial charge in [0.15, 0.2) is 30.3 Å². The van der Waals surface area contributed by atoms with Crippen LogP contribution in [0, 0.1) is 19.8 Å². The van der Waals surface area contributed by atoms with Gasteiger partial charge in [0.2, 0.25) is 1.43 Å². The van der Waals surface area contributed by atoms with Crippen LogP contribution in [0.25, 0.3) is 11.2 Å². The summed E-state index contributed by atoms with van der Waals surface area (Å²) in [5.41, 5.74) is 6.70. The molecule has 1 saturated heterocycles. The van der Waals surface area contributed by atoms with Gasteiger partial charge in [-0.25, -0.2) is 19.3 Å². The Bertz CT molecular complexity index is 1700. The van der Waals surface area contributed by atoms with Crippen LogP contribution in [0.5, 0.6) is 0 Å². The first-order valence-electron chi connectivity index (χ1n) is 13.9. The van der Waals surface area contributed by atoms with Crippen LogP contribution in [0.15, 0.2) is 30.9 Å². The lowest BCUT2D eigenvalue weighted by Crippen LogP contribution is -2.45. The topological polar surface area (TPSA) is 289 Å². The first-order valence-corrected chi connectivity index (χ1v) is 16.5. The van der Waals surface area contributed by atoms with E-state index in [-0.39, 0.29) is 12.0 Å². The van der Waals surface area contributed by atoms with Crippen molar-refractivity contribution in [1.29, 1.82) is 1.43 Å². The Balaban J connectivity index is 1.19. The van der Waals surface area contributed by atoms with Gasteiger partial charge in [-0.2, -0.15) is 4.57 Å². The maximum Gasteiger partial charge on any atom is 0.274 e. The first kappa shape index (κ1) is 32.2. The number of aryl methyl sites for hydroxylation is 2. The van der Waals surface area contributed by atoms with Crippen molar-refractivity contribution in [3.05, 3.63) is 47.9 Å². The fourth-order valence-corrected chi connectivity index (χ4v) is 7.48. The third-order valence-corrected chi connectivity index (χ3v) is 10.2. The third kappa shape index (κ3) is 7.00. The Morgan fingerprint density at radius 2 is 1.87 bits per heavy atom. The van der Waals surface area contributed by atoms with E-state index in [2.05, 4.69) is 28.9 Å². The molecule has 1 aliphatic carbocycles. The molecule has 1 amide bonds. The predicted molar refractivity (Wildman–Crippen MR) is 143 cm³/mol. The highest BCUT2D eigenvalue weighted by Gasteiger charge is 2.48. The number of carbonyl (C=O) groups is 1. The number of rotatable bonds is 12. The summed E-state index contributed by atoms with van der Waals surface area (Å²) in [4.78, 5) is 48.9. The van der Waals surface area contributed by atoms with Crippen LogP contribution >= 0.6 is 15.6 Å². The van der Waals surface area contributed by atoms with E-state index in [0.29, 0.717) is 22.7 Å². The number of phosphoric acid groups is 2. The summed E-state index contributed by atoms with van der Waals surface area (Å²) in [6.07, 6.45) is -4.32. The Kier molecular flexibility index (Phi) is 9.15. The number of fused-ring (bicyclic) bond motifs is 1. The molecule has 3 aromatic heterocycles. The number of phosphoric ester groups is 2. The van der Waals surface area contributed by atoms with Gasteiger partial charge in [0.05, 0.1) is 25.0 Å². The summed E-state index contributed by atoms with van der Waals surface area (Å²) >= 11 is 0. The van der Waals surface area contributed by atoms with Gasteiger partial charge in [-0.15, -0.1) is 0 Å². The second kappa shape index (κ2) is 12.8. The maximum atomic E-state index is 12.4. The van der Waals surface area contributed by atoms with E-state index in [0.717, 1.165) is 0 Å². The predicted octanol–water partition coefficient (Wildman–Crippen LogP) is -2.58. The molecule has 45 heavy (non-hydrogen) atoms. The minimum Gasteiger partial charge on any atom is -0.756 e. The van der Waals surface area contributed by atoms with Gasteiger partial charge in [0, 0.05) is 18.4 Å². The lowest BCUT2D eigenvalue weighted by atomic mass is 10.1. The number of amides is 1. The second-order valence-electron chi connectivity index (χ2n) is 10.7. The molecule has 19 nitrogen and oxygen atoms in total. The highest BCUT2D eigenvalue weighted by Crippen LogP contribution is 2.56. The highest BCUT2D eigenvalue weighted by atomic mass is 31.3. The third-order valence-electron chi connectivity index (χ3n) is 7.71. The molecule has 5 rings (SSSR count). The van der Waals surface area contributed by atoms with Crippen LogP contribution in [0.3, 0.4) is 0 Å². The average Bonchev–Trinajstić information content (AvgIpc) is 3.60. The van der Waals surface area contributed by atoms with E-state index in [4.69, 9.17) is 16.4 Å². The largest absolute Gasteiger partial charge is 0.756 e. The Labute approximate surface area is 256 Å². The number of nitrogens with zero attached hydrogens (tertiary/aromatic N) is 5. The average molecular weight is 675 g/mol. The van der Waals surface area contributed by atoms with E-state index in [9.17, 15) is 39.0 Å². The molecule has 1 aliphatic heterocycles. The monoisotopic (exact) mass is 675 g/mol. The normalized spacial score (nSPS) is 31.5. The molecule has 6 N–H and O–H groups in total. The molecule has 2 aliphatic rings. The number of ether oxygens (including phenoxy) is 1. The smallest absolute Gasteiger partial charge is 0.274 e. The maximum absolute atomic E-state index is 12.4. The van der Waals surface area contributed by atoms with E-state index in [1.54, 1.807) is 13.8 Å². The molecular formula is C24H31N6O13P2-. The minimum absolute atomic E-state index is 0.0185. The number of nitrogens with two attached hydrogens (primary N) is 1. The van der Waals surface area contributed by atoms with Crippen LogP contribution in [-0.4, -0.2) is 91.0 Å². The van der Waals surface area contributed by atoms with E-state index < -0.39 is 83.5 Å². The van der Waals surface area contributed by atoms with Crippen molar-refractivity contribution < 1.29 is 66.8 Å². The highest BCUT2D eigenvalue weighted by molar-refractivity contribution is 7.59. The molecule has 3 aromatic rings. The SMILES string of the molecule is [3H]OC1C(O)C(COP(=O)([O-])OP(=O)([O-])OCC2CC([n+]3cccc(C(N)=O)c3)C(O)C2O)OC1n1c(C)nc2c(C)ncnc21. The minimum atomic E-state index is -5.65. The molecule has 0 aromatic carbocycles. The number of aliphatic hydroxyl groups excluding tert-OH is 4. The summed E-state index contributed by atoms with van der Waals surface area (Å²) in [6.45, 7) is 1.61. The molecule has 2 fully saturated rings. The summed E-state index contributed by atoms with van der Waals surface area (Å²) in [7, 11) is -11.3. The molecule has 0 bridgehead atoms. The van der Waals surface area contributed by atoms with Crippen molar-refractivity contribution in [2.75, 3.05) is 13.2 Å². The van der Waals surface area contributed by atoms with Crippen molar-refractivity contribution >= 4 is 32.7 Å². The van der Waals surface area contributed by atoms with E-state index >= 15 is 0 Å². The quantitative estimate of drug-likeness (QED) is 0.0973. The number of carbonyl (C=O) groups excluding carboxylic acids is 1. The molecule has 4 heterocycles. The van der Waals surface area contributed by atoms with Crippen LogP contribution in [0.4, 0.5) is 0 Å². The molecule has 246 valence electrons. The second-order valence-corrected chi connectivity index (χ2v) is 13.7. The zero-order chi connectivity index (χ0) is 33.6. The number of pyridine rings is 1. The van der Waals surface area contributed by atoms with Gasteiger partial charge in [-0.1, -0.05) is 0 Å². The summed E-state index contributed by atoms with van der Waals surface area (Å²) in [5, 5.41) is 36.3. The molecule has 0 spiro atoms. The number of hydrogen-bond acceptors (Lipinski definition) is 16. The fourth-order valence-electron chi connectivity index (χ4n) is 5.42. The van der Waals surface area contributed by atoms with Crippen molar-refractivity contribution in [2.45, 2.75) is 63.1 Å². The van der Waals surface area contributed by atoms with Gasteiger partial charge in [0.25, 0.3) is 21.6 Å². The Morgan fingerprint density at radius 1 is 1.16 bits per heavy atom. The Morgan fingerprint density at radius 3 is 2.56 bits per heavy atom. The van der Waals surface area contributed by atoms with E-state index in [1.807, 2.05) is 0 Å². The van der Waals surface area contributed by atoms with Gasteiger partial charge < -0.3 is 49.7 Å². The van der Waals surface area contributed by atoms with Crippen LogP contribution in [0.2, 0.25) is 0 Å². The molecule has 0 radical (unpaired) electrons. The van der Waals surface area contributed by atoms with Crippen LogP contribution in [0.1, 0.15) is 40.6 Å². The van der Waals surface area contributed by atoms with Gasteiger partial charge in [0.1, 0.15) is 47.6 Å². The summed E-state index contributed by atoms with van der Waals surface area (Å²) < 4.78 is 54.4. The van der Waals surface area contributed by atoms with Crippen molar-refractivity contribution in [1.82, 2.24) is 19.5 Å². The summed E-state index contributed by atoms with van der Waals surface area (Å²) in [6, 6.07) is 2.16. The zero-order valence-electron chi connectivity index (χ0n) is 24.8. The van der Waals surface area contributed by atoms with E-state index in [1.165, 1.54) is 40.0 Å².